The van der Waals surface area contributed by atoms with Gasteiger partial charge in [0.1, 0.15) is 31.1 Å². The summed E-state index contributed by atoms with van der Waals surface area (Å²) in [6.07, 6.45) is 4.25. The Morgan fingerprint density at radius 1 is 1.27 bits per heavy atom. The number of hydrogen-bond donors (Lipinski definition) is 6. The summed E-state index contributed by atoms with van der Waals surface area (Å²) in [7, 11) is -16.8. The van der Waals surface area contributed by atoms with Crippen molar-refractivity contribution in [2.45, 2.75) is 24.9 Å². The highest BCUT2D eigenvalue weighted by Gasteiger charge is 2.46. The van der Waals surface area contributed by atoms with E-state index in [1.54, 1.807) is 0 Å². The van der Waals surface area contributed by atoms with Gasteiger partial charge in [0, 0.05) is 6.42 Å². The number of rotatable bonds is 9. The first-order chi connectivity index (χ1) is 15.2. The van der Waals surface area contributed by atoms with Crippen molar-refractivity contribution in [3.8, 4) is 12.5 Å². The zero-order chi connectivity index (χ0) is 24.6. The van der Waals surface area contributed by atoms with Gasteiger partial charge in [0.25, 0.3) is 5.56 Å². The maximum absolute atomic E-state index is 12.2. The van der Waals surface area contributed by atoms with Crippen LogP contribution in [0.15, 0.2) is 11.1 Å². The topological polar surface area (TPSA) is 268 Å². The highest BCUT2D eigenvalue weighted by atomic mass is 31.3. The number of fused-ring (bicyclic) bond motifs is 1. The summed E-state index contributed by atoms with van der Waals surface area (Å²) in [5, 5.41) is 0. The second-order valence-corrected chi connectivity index (χ2v) is 10.7. The van der Waals surface area contributed by atoms with Gasteiger partial charge in [-0.05, 0) is 0 Å². The van der Waals surface area contributed by atoms with Crippen LogP contribution in [0.2, 0.25) is 0 Å². The summed E-state index contributed by atoms with van der Waals surface area (Å²) in [4.78, 5) is 58.4. The molecular formula is C12H16N5O13P3. The zero-order valence-electron chi connectivity index (χ0n) is 16.0. The van der Waals surface area contributed by atoms with Crippen molar-refractivity contribution in [2.24, 2.45) is 0 Å². The molecule has 2 aromatic heterocycles. The van der Waals surface area contributed by atoms with Crippen LogP contribution in [0.3, 0.4) is 0 Å². The van der Waals surface area contributed by atoms with Crippen molar-refractivity contribution >= 4 is 40.6 Å². The van der Waals surface area contributed by atoms with Crippen LogP contribution in [-0.4, -0.2) is 57.9 Å². The first-order valence-corrected chi connectivity index (χ1v) is 13.0. The zero-order valence-corrected chi connectivity index (χ0v) is 18.7. The van der Waals surface area contributed by atoms with E-state index in [2.05, 4.69) is 23.6 Å². The van der Waals surface area contributed by atoms with Crippen molar-refractivity contribution in [3.63, 3.8) is 0 Å². The fourth-order valence-corrected chi connectivity index (χ4v) is 6.11. The third-order valence-corrected chi connectivity index (χ3v) is 7.82. The molecular weight excluding hydrogens is 515 g/mol. The van der Waals surface area contributed by atoms with Gasteiger partial charge in [0.15, 0.2) is 11.2 Å². The normalized spacial score (nSPS) is 24.8. The summed E-state index contributed by atoms with van der Waals surface area (Å²) in [5.41, 5.74) is 4.83. The molecule has 1 aliphatic rings. The molecule has 0 bridgehead atoms. The molecule has 3 heterocycles. The van der Waals surface area contributed by atoms with E-state index in [0.717, 1.165) is 0 Å². The first-order valence-electron chi connectivity index (χ1n) is 8.47. The molecule has 1 aliphatic heterocycles. The van der Waals surface area contributed by atoms with Crippen LogP contribution in [0, 0.1) is 12.5 Å². The molecule has 1 saturated heterocycles. The minimum atomic E-state index is -5.72. The van der Waals surface area contributed by atoms with E-state index < -0.39 is 47.5 Å². The van der Waals surface area contributed by atoms with Crippen LogP contribution in [0.1, 0.15) is 12.6 Å². The average Bonchev–Trinajstić information content (AvgIpc) is 3.20. The van der Waals surface area contributed by atoms with Crippen molar-refractivity contribution in [2.75, 3.05) is 12.3 Å². The lowest BCUT2D eigenvalue weighted by Gasteiger charge is -2.21. The van der Waals surface area contributed by atoms with E-state index in [-0.39, 0.29) is 30.1 Å². The van der Waals surface area contributed by atoms with Gasteiger partial charge in [-0.25, -0.2) is 18.7 Å². The van der Waals surface area contributed by atoms with Crippen LogP contribution < -0.4 is 11.3 Å². The Kier molecular flexibility index (Phi) is 7.16. The van der Waals surface area contributed by atoms with Crippen LogP contribution in [-0.2, 0) is 36.3 Å². The number of aromatic amines is 1. The van der Waals surface area contributed by atoms with Gasteiger partial charge in [-0.2, -0.15) is 13.6 Å². The van der Waals surface area contributed by atoms with Crippen molar-refractivity contribution in [1.82, 2.24) is 19.5 Å². The van der Waals surface area contributed by atoms with E-state index in [4.69, 9.17) is 35.9 Å². The lowest BCUT2D eigenvalue weighted by molar-refractivity contribution is -0.0423. The van der Waals surface area contributed by atoms with Crippen molar-refractivity contribution < 1.29 is 55.9 Å². The van der Waals surface area contributed by atoms with Crippen molar-refractivity contribution in [1.29, 1.82) is 0 Å². The summed E-state index contributed by atoms with van der Waals surface area (Å²) < 4.78 is 58.5. The molecule has 1 fully saturated rings. The SMILES string of the molecule is C#COC[C@H]1O[C@@H](n2cnc3c(=O)[nH]c(N)nc32)C[C@@H]1OP(=O)(O)OP(=O)(O)OP(=O)(O)O. The predicted molar refractivity (Wildman–Crippen MR) is 105 cm³/mol. The van der Waals surface area contributed by atoms with E-state index in [9.17, 15) is 28.3 Å². The Labute approximate surface area is 183 Å². The van der Waals surface area contributed by atoms with Gasteiger partial charge in [-0.15, -0.1) is 0 Å². The Morgan fingerprint density at radius 2 is 1.97 bits per heavy atom. The number of nitrogens with zero attached hydrogens (tertiary/aromatic N) is 3. The van der Waals surface area contributed by atoms with E-state index in [0.29, 0.717) is 0 Å². The molecule has 182 valence electrons. The Morgan fingerprint density at radius 3 is 2.61 bits per heavy atom. The molecule has 0 aromatic carbocycles. The average molecular weight is 531 g/mol. The van der Waals surface area contributed by atoms with E-state index in [1.165, 1.54) is 10.9 Å². The van der Waals surface area contributed by atoms with Gasteiger partial charge in [0.05, 0.1) is 6.33 Å². The Bertz CT molecular complexity index is 1280. The van der Waals surface area contributed by atoms with E-state index in [1.807, 2.05) is 6.11 Å². The van der Waals surface area contributed by atoms with Crippen molar-refractivity contribution in [3.05, 3.63) is 16.7 Å². The number of nitrogens with two attached hydrogens (primary N) is 1. The fourth-order valence-electron chi connectivity index (χ4n) is 2.89. The van der Waals surface area contributed by atoms with Crippen LogP contribution in [0.4, 0.5) is 5.95 Å². The van der Waals surface area contributed by atoms with Gasteiger partial charge in [-0.3, -0.25) is 18.9 Å². The molecule has 2 unspecified atom stereocenters. The second-order valence-electron chi connectivity index (χ2n) is 6.30. The molecule has 0 radical (unpaired) electrons. The summed E-state index contributed by atoms with van der Waals surface area (Å²) in [6, 6.07) is 0. The highest BCUT2D eigenvalue weighted by molar-refractivity contribution is 7.66. The smallest absolute Gasteiger partial charge is 0.444 e. The first kappa shape index (κ1) is 25.5. The molecule has 0 spiro atoms. The van der Waals surface area contributed by atoms with Crippen LogP contribution in [0.25, 0.3) is 11.2 Å². The number of aromatic nitrogens is 4. The molecule has 5 atom stereocenters. The molecule has 0 saturated carbocycles. The predicted octanol–water partition coefficient (Wildman–Crippen LogP) is -0.691. The molecule has 3 rings (SSSR count). The lowest BCUT2D eigenvalue weighted by Crippen LogP contribution is -2.28. The lowest BCUT2D eigenvalue weighted by atomic mass is 10.2. The fraction of sp³-hybridized carbons (Fsp3) is 0.417. The summed E-state index contributed by atoms with van der Waals surface area (Å²) in [5.74, 6) is -0.218. The van der Waals surface area contributed by atoms with Crippen LogP contribution in [0.5, 0.6) is 0 Å². The Hall–Kier alpha value is -2.12. The van der Waals surface area contributed by atoms with Gasteiger partial charge in [-0.1, -0.05) is 6.42 Å². The van der Waals surface area contributed by atoms with Gasteiger partial charge < -0.3 is 34.8 Å². The highest BCUT2D eigenvalue weighted by Crippen LogP contribution is 2.67. The summed E-state index contributed by atoms with van der Waals surface area (Å²) >= 11 is 0. The maximum Gasteiger partial charge on any atom is 0.490 e. The number of ether oxygens (including phenoxy) is 2. The largest absolute Gasteiger partial charge is 0.490 e. The quantitative estimate of drug-likeness (QED) is 0.173. The Balaban J connectivity index is 1.83. The van der Waals surface area contributed by atoms with Gasteiger partial charge >= 0.3 is 23.5 Å². The third kappa shape index (κ3) is 6.48. The number of imidazole rings is 1. The molecule has 0 aliphatic carbocycles. The minimum Gasteiger partial charge on any atom is -0.444 e. The number of phosphoric ester groups is 1. The second kappa shape index (κ2) is 9.26. The third-order valence-electron chi connectivity index (χ3n) is 3.96. The molecule has 2 aromatic rings. The number of nitrogens with one attached hydrogen (secondary N) is 1. The van der Waals surface area contributed by atoms with Crippen LogP contribution >= 0.6 is 23.5 Å². The number of hydrogen-bond acceptors (Lipinski definition) is 12. The molecule has 0 amide bonds. The molecule has 18 nitrogen and oxygen atoms in total. The number of nitrogen functional groups attached to an aromatic ring is 1. The number of anilines is 1. The maximum atomic E-state index is 12.2. The minimum absolute atomic E-state index is 0.0110. The molecule has 7 N–H and O–H groups in total. The summed E-state index contributed by atoms with van der Waals surface area (Å²) in [6.45, 7) is -0.379. The molecule has 21 heteroatoms. The standard InChI is InChI=1S/C12H16N5O13P3/c1-2-26-4-7-6(28-32(22,23)30-33(24,25)29-31(19,20)21)3-8(27-7)17-5-14-9-10(17)15-12(13)16-11(9)18/h1,5-8H,3-4H2,(H,22,23)(H,24,25)(H2,19,20,21)(H3,13,15,16,18)/t6-,7+,8+/m0/s1. The monoisotopic (exact) mass is 531 g/mol. The number of H-pyrrole nitrogens is 1. The number of terminal acetylenes is 1. The molecule has 33 heavy (non-hydrogen) atoms. The van der Waals surface area contributed by atoms with E-state index >= 15 is 0 Å². The number of phosphoric acid groups is 3. The van der Waals surface area contributed by atoms with Gasteiger partial charge in [0.2, 0.25) is 5.95 Å².